The number of aliphatic carboxylic acids is 1. The number of anilines is 1. The highest BCUT2D eigenvalue weighted by Gasteiger charge is 2.19. The van der Waals surface area contributed by atoms with Crippen molar-refractivity contribution in [1.29, 1.82) is 0 Å². The number of nitrogens with zero attached hydrogens (tertiary/aromatic N) is 2. The first kappa shape index (κ1) is 14.4. The van der Waals surface area contributed by atoms with E-state index in [1.165, 1.54) is 0 Å². The molecule has 0 bridgehead atoms. The molecule has 0 aromatic carbocycles. The molecule has 0 aliphatic heterocycles. The molecule has 0 saturated heterocycles. The Bertz CT molecular complexity index is 419. The van der Waals surface area contributed by atoms with Crippen molar-refractivity contribution in [1.82, 2.24) is 9.97 Å². The molecule has 0 fully saturated rings. The molecule has 1 atom stereocenters. The molecule has 0 radical (unpaired) electrons. The summed E-state index contributed by atoms with van der Waals surface area (Å²) in [7, 11) is 0. The third-order valence-corrected chi connectivity index (χ3v) is 2.54. The van der Waals surface area contributed by atoms with Gasteiger partial charge in [-0.1, -0.05) is 20.8 Å². The molecule has 0 aliphatic carbocycles. The molecule has 0 spiro atoms. The van der Waals surface area contributed by atoms with Gasteiger partial charge in [-0.25, -0.2) is 14.8 Å². The predicted molar refractivity (Wildman–Crippen MR) is 70.6 cm³/mol. The second-order valence-corrected chi connectivity index (χ2v) is 4.83. The Morgan fingerprint density at radius 1 is 1.44 bits per heavy atom. The van der Waals surface area contributed by atoms with Gasteiger partial charge < -0.3 is 10.4 Å². The first-order valence-electron chi connectivity index (χ1n) is 6.26. The number of carboxylic acid groups (broad SMARTS) is 1. The van der Waals surface area contributed by atoms with Crippen molar-refractivity contribution < 1.29 is 9.90 Å². The number of nitrogens with one attached hydrogen (secondary N) is 1. The summed E-state index contributed by atoms with van der Waals surface area (Å²) in [6.07, 6.45) is 1.30. The van der Waals surface area contributed by atoms with E-state index in [9.17, 15) is 9.90 Å². The first-order chi connectivity index (χ1) is 8.42. The molecule has 2 N–H and O–H groups in total. The highest BCUT2D eigenvalue weighted by atomic mass is 16.4. The zero-order valence-corrected chi connectivity index (χ0v) is 11.4. The lowest BCUT2D eigenvalue weighted by Gasteiger charge is -2.17. The van der Waals surface area contributed by atoms with Crippen LogP contribution in [0.2, 0.25) is 0 Å². The van der Waals surface area contributed by atoms with Crippen LogP contribution in [0.3, 0.4) is 0 Å². The smallest absolute Gasteiger partial charge is 0.326 e. The van der Waals surface area contributed by atoms with Crippen LogP contribution in [-0.2, 0) is 11.2 Å². The number of rotatable bonds is 6. The van der Waals surface area contributed by atoms with Crippen LogP contribution < -0.4 is 5.32 Å². The van der Waals surface area contributed by atoms with E-state index in [2.05, 4.69) is 15.3 Å². The Balaban J connectivity index is 2.86. The first-order valence-corrected chi connectivity index (χ1v) is 6.26. The second-order valence-electron chi connectivity index (χ2n) is 4.83. The van der Waals surface area contributed by atoms with Crippen LogP contribution in [0.15, 0.2) is 6.07 Å². The Kier molecular flexibility index (Phi) is 5.07. The fraction of sp³-hybridized carbons (Fsp3) is 0.615. The van der Waals surface area contributed by atoms with Gasteiger partial charge in [-0.15, -0.1) is 0 Å². The van der Waals surface area contributed by atoms with Gasteiger partial charge in [0.05, 0.1) is 0 Å². The number of aryl methyl sites for hydroxylation is 2. The molecule has 1 aromatic rings. The Hall–Kier alpha value is -1.65. The maximum absolute atomic E-state index is 11.2. The third-order valence-electron chi connectivity index (χ3n) is 2.54. The van der Waals surface area contributed by atoms with Crippen LogP contribution in [0.25, 0.3) is 0 Å². The number of carboxylic acids is 1. The average molecular weight is 251 g/mol. The molecule has 100 valence electrons. The minimum Gasteiger partial charge on any atom is -0.480 e. The average Bonchev–Trinajstić information content (AvgIpc) is 2.26. The molecular formula is C13H21N3O2. The van der Waals surface area contributed by atoms with Gasteiger partial charge in [0.1, 0.15) is 17.7 Å². The maximum Gasteiger partial charge on any atom is 0.326 e. The molecule has 5 heteroatoms. The van der Waals surface area contributed by atoms with Crippen LogP contribution in [0.5, 0.6) is 0 Å². The zero-order chi connectivity index (χ0) is 13.7. The van der Waals surface area contributed by atoms with Crippen molar-refractivity contribution in [2.24, 2.45) is 5.92 Å². The van der Waals surface area contributed by atoms with Gasteiger partial charge in [-0.2, -0.15) is 0 Å². The predicted octanol–water partition coefficient (Wildman–Crippen LogP) is 2.26. The van der Waals surface area contributed by atoms with E-state index in [-0.39, 0.29) is 0 Å². The van der Waals surface area contributed by atoms with Crippen LogP contribution in [0, 0.1) is 12.8 Å². The van der Waals surface area contributed by atoms with E-state index in [1.807, 2.05) is 27.7 Å². The third kappa shape index (κ3) is 4.31. The quantitative estimate of drug-likeness (QED) is 0.811. The van der Waals surface area contributed by atoms with Crippen molar-refractivity contribution in [3.63, 3.8) is 0 Å². The van der Waals surface area contributed by atoms with Gasteiger partial charge >= 0.3 is 5.97 Å². The Labute approximate surface area is 108 Å². The molecule has 1 aromatic heterocycles. The van der Waals surface area contributed by atoms with E-state index < -0.39 is 12.0 Å². The monoisotopic (exact) mass is 251 g/mol. The molecular weight excluding hydrogens is 230 g/mol. The van der Waals surface area contributed by atoms with E-state index in [0.717, 1.165) is 17.9 Å². The van der Waals surface area contributed by atoms with Crippen LogP contribution in [0.4, 0.5) is 5.82 Å². The van der Waals surface area contributed by atoms with Crippen LogP contribution in [0.1, 0.15) is 38.7 Å². The lowest BCUT2D eigenvalue weighted by Crippen LogP contribution is -2.31. The molecule has 1 rings (SSSR count). The summed E-state index contributed by atoms with van der Waals surface area (Å²) in [5, 5.41) is 12.1. The lowest BCUT2D eigenvalue weighted by atomic mass is 10.0. The van der Waals surface area contributed by atoms with Crippen LogP contribution in [-0.4, -0.2) is 27.1 Å². The SMILES string of the molecule is CCc1nc(C)cc(N[C@@H](CC(C)C)C(=O)O)n1. The lowest BCUT2D eigenvalue weighted by molar-refractivity contribution is -0.138. The van der Waals surface area contributed by atoms with Gasteiger partial charge in [-0.05, 0) is 19.3 Å². The number of carbonyl (C=O) groups is 1. The standard InChI is InChI=1S/C13H21N3O2/c1-5-11-14-9(4)7-12(16-11)15-10(13(17)18)6-8(2)3/h7-8,10H,5-6H2,1-4H3,(H,17,18)(H,14,15,16)/t10-/m0/s1. The second kappa shape index (κ2) is 6.33. The van der Waals surface area contributed by atoms with E-state index >= 15 is 0 Å². The largest absolute Gasteiger partial charge is 0.480 e. The van der Waals surface area contributed by atoms with Crippen LogP contribution >= 0.6 is 0 Å². The van der Waals surface area contributed by atoms with Gasteiger partial charge in [0.15, 0.2) is 0 Å². The van der Waals surface area contributed by atoms with Crippen molar-refractivity contribution in [3.05, 3.63) is 17.6 Å². The maximum atomic E-state index is 11.2. The van der Waals surface area contributed by atoms with Gasteiger partial charge in [0.2, 0.25) is 0 Å². The molecule has 0 amide bonds. The molecule has 0 unspecified atom stereocenters. The highest BCUT2D eigenvalue weighted by molar-refractivity contribution is 5.76. The van der Waals surface area contributed by atoms with Crippen molar-refractivity contribution in [2.75, 3.05) is 5.32 Å². The minimum atomic E-state index is -0.849. The topological polar surface area (TPSA) is 75.1 Å². The summed E-state index contributed by atoms with van der Waals surface area (Å²) >= 11 is 0. The Morgan fingerprint density at radius 3 is 2.61 bits per heavy atom. The summed E-state index contributed by atoms with van der Waals surface area (Å²) in [6, 6.07) is 1.17. The molecule has 18 heavy (non-hydrogen) atoms. The van der Waals surface area contributed by atoms with Gasteiger partial charge in [0, 0.05) is 18.2 Å². The molecule has 0 aliphatic rings. The fourth-order valence-corrected chi connectivity index (χ4v) is 1.73. The zero-order valence-electron chi connectivity index (χ0n) is 11.4. The number of hydrogen-bond acceptors (Lipinski definition) is 4. The summed E-state index contributed by atoms with van der Waals surface area (Å²) in [6.45, 7) is 7.85. The summed E-state index contributed by atoms with van der Waals surface area (Å²) < 4.78 is 0. The minimum absolute atomic E-state index is 0.312. The normalized spacial score (nSPS) is 12.5. The van der Waals surface area contributed by atoms with E-state index in [1.54, 1.807) is 6.07 Å². The van der Waals surface area contributed by atoms with Gasteiger partial charge in [-0.3, -0.25) is 0 Å². The number of aromatic nitrogens is 2. The van der Waals surface area contributed by atoms with Crippen molar-refractivity contribution in [3.8, 4) is 0 Å². The summed E-state index contributed by atoms with van der Waals surface area (Å²) in [5.41, 5.74) is 0.845. The molecule has 1 heterocycles. The summed E-state index contributed by atoms with van der Waals surface area (Å²) in [5.74, 6) is 0.781. The van der Waals surface area contributed by atoms with Crippen molar-refractivity contribution >= 4 is 11.8 Å². The van der Waals surface area contributed by atoms with Crippen molar-refractivity contribution in [2.45, 2.75) is 46.6 Å². The fourth-order valence-electron chi connectivity index (χ4n) is 1.73. The highest BCUT2D eigenvalue weighted by Crippen LogP contribution is 2.13. The molecule has 5 nitrogen and oxygen atoms in total. The molecule has 0 saturated carbocycles. The number of hydrogen-bond donors (Lipinski definition) is 2. The van der Waals surface area contributed by atoms with Gasteiger partial charge in [0.25, 0.3) is 0 Å². The summed E-state index contributed by atoms with van der Waals surface area (Å²) in [4.78, 5) is 19.7. The van der Waals surface area contributed by atoms with E-state index in [4.69, 9.17) is 0 Å². The van der Waals surface area contributed by atoms with E-state index in [0.29, 0.717) is 18.2 Å². The Morgan fingerprint density at radius 2 is 2.11 bits per heavy atom.